The number of alkyl carbamates (subject to hydrolysis) is 1. The molecule has 8 heteroatoms. The second-order valence-electron chi connectivity index (χ2n) is 6.06. The molecule has 0 fully saturated rings. The quantitative estimate of drug-likeness (QED) is 0.729. The summed E-state index contributed by atoms with van der Waals surface area (Å²) in [5.74, 6) is -3.09. The SMILES string of the molecule is CC(C)(C)OC(=O)NCC(F)(F)CNCc1ccc(Br)c(Cl)c1. The number of carbonyl (C=O) groups excluding carboxylic acids is 1. The van der Waals surface area contributed by atoms with Crippen LogP contribution < -0.4 is 10.6 Å². The Kier molecular flexibility index (Phi) is 7.23. The standard InChI is InChI=1S/C15H20BrClF2N2O2/c1-14(2,3)23-13(22)21-9-15(18,19)8-20-7-10-4-5-11(16)12(17)6-10/h4-6,20H,7-9H2,1-3H3,(H,21,22). The first kappa shape index (κ1) is 20.1. The molecule has 0 unspecified atom stereocenters. The Morgan fingerprint density at radius 1 is 1.30 bits per heavy atom. The van der Waals surface area contributed by atoms with Crippen molar-refractivity contribution in [3.8, 4) is 0 Å². The molecule has 0 spiro atoms. The number of alkyl halides is 2. The smallest absolute Gasteiger partial charge is 0.407 e. The van der Waals surface area contributed by atoms with E-state index in [4.69, 9.17) is 16.3 Å². The number of rotatable bonds is 6. The Labute approximate surface area is 148 Å². The molecule has 4 nitrogen and oxygen atoms in total. The fraction of sp³-hybridized carbons (Fsp3) is 0.533. The maximum Gasteiger partial charge on any atom is 0.407 e. The molecule has 0 saturated heterocycles. The van der Waals surface area contributed by atoms with Crippen molar-refractivity contribution in [1.82, 2.24) is 10.6 Å². The zero-order chi connectivity index (χ0) is 17.7. The van der Waals surface area contributed by atoms with E-state index < -0.39 is 30.7 Å². The van der Waals surface area contributed by atoms with E-state index in [0.717, 1.165) is 10.0 Å². The minimum Gasteiger partial charge on any atom is -0.444 e. The van der Waals surface area contributed by atoms with Crippen molar-refractivity contribution >= 4 is 33.6 Å². The van der Waals surface area contributed by atoms with E-state index in [1.165, 1.54) is 0 Å². The normalized spacial score (nSPS) is 12.1. The molecule has 0 aliphatic heterocycles. The predicted molar refractivity (Wildman–Crippen MR) is 90.0 cm³/mol. The molecule has 0 radical (unpaired) electrons. The first-order valence-electron chi connectivity index (χ1n) is 6.98. The Balaban J connectivity index is 2.37. The molecule has 1 aromatic rings. The second kappa shape index (κ2) is 8.26. The third kappa shape index (κ3) is 8.48. The molecule has 0 heterocycles. The number of benzene rings is 1. The lowest BCUT2D eigenvalue weighted by Crippen LogP contribution is -2.44. The number of amides is 1. The molecule has 1 amide bonds. The van der Waals surface area contributed by atoms with E-state index in [9.17, 15) is 13.6 Å². The summed E-state index contributed by atoms with van der Waals surface area (Å²) in [5.41, 5.74) is 0.0625. The van der Waals surface area contributed by atoms with Gasteiger partial charge in [0.2, 0.25) is 0 Å². The lowest BCUT2D eigenvalue weighted by molar-refractivity contribution is -0.00376. The van der Waals surface area contributed by atoms with Crippen LogP contribution in [0.5, 0.6) is 0 Å². The summed E-state index contributed by atoms with van der Waals surface area (Å²) in [7, 11) is 0. The molecular weight excluding hydrogens is 394 g/mol. The van der Waals surface area contributed by atoms with Gasteiger partial charge in [0.25, 0.3) is 5.92 Å². The topological polar surface area (TPSA) is 50.4 Å². The van der Waals surface area contributed by atoms with E-state index in [-0.39, 0.29) is 6.54 Å². The van der Waals surface area contributed by atoms with E-state index in [1.54, 1.807) is 39.0 Å². The monoisotopic (exact) mass is 412 g/mol. The first-order valence-corrected chi connectivity index (χ1v) is 8.15. The number of hydrogen-bond acceptors (Lipinski definition) is 3. The van der Waals surface area contributed by atoms with Crippen molar-refractivity contribution in [3.63, 3.8) is 0 Å². The average Bonchev–Trinajstić information content (AvgIpc) is 2.39. The van der Waals surface area contributed by atoms with Gasteiger partial charge in [-0.15, -0.1) is 0 Å². The highest BCUT2D eigenvalue weighted by molar-refractivity contribution is 9.10. The molecule has 130 valence electrons. The highest BCUT2D eigenvalue weighted by Gasteiger charge is 2.30. The van der Waals surface area contributed by atoms with Crippen molar-refractivity contribution in [2.24, 2.45) is 0 Å². The molecule has 0 atom stereocenters. The van der Waals surface area contributed by atoms with E-state index in [2.05, 4.69) is 26.6 Å². The summed E-state index contributed by atoms with van der Waals surface area (Å²) < 4.78 is 33.0. The van der Waals surface area contributed by atoms with Gasteiger partial charge in [0.15, 0.2) is 0 Å². The number of carbonyl (C=O) groups is 1. The summed E-state index contributed by atoms with van der Waals surface area (Å²) in [6, 6.07) is 5.22. The van der Waals surface area contributed by atoms with Crippen LogP contribution in [0, 0.1) is 0 Å². The molecule has 0 aliphatic rings. The molecule has 0 bridgehead atoms. The number of halogens is 4. The number of hydrogen-bond donors (Lipinski definition) is 2. The van der Waals surface area contributed by atoms with Gasteiger partial charge < -0.3 is 15.4 Å². The average molecular weight is 414 g/mol. The minimum atomic E-state index is -3.09. The third-order valence-corrected chi connectivity index (χ3v) is 3.82. The molecule has 0 aliphatic carbocycles. The van der Waals surface area contributed by atoms with Crippen molar-refractivity contribution < 1.29 is 18.3 Å². The van der Waals surface area contributed by atoms with Gasteiger partial charge in [-0.05, 0) is 54.4 Å². The molecule has 0 aromatic heterocycles. The molecular formula is C15H20BrClF2N2O2. The van der Waals surface area contributed by atoms with Crippen molar-refractivity contribution in [3.05, 3.63) is 33.3 Å². The van der Waals surface area contributed by atoms with Gasteiger partial charge in [0, 0.05) is 11.0 Å². The van der Waals surface area contributed by atoms with Crippen LogP contribution in [0.15, 0.2) is 22.7 Å². The highest BCUT2D eigenvalue weighted by atomic mass is 79.9. The second-order valence-corrected chi connectivity index (χ2v) is 7.32. The fourth-order valence-electron chi connectivity index (χ4n) is 1.62. The van der Waals surface area contributed by atoms with Crippen LogP contribution in [0.1, 0.15) is 26.3 Å². The van der Waals surface area contributed by atoms with Crippen molar-refractivity contribution in [1.29, 1.82) is 0 Å². The van der Waals surface area contributed by atoms with Crippen LogP contribution in [-0.2, 0) is 11.3 Å². The summed E-state index contributed by atoms with van der Waals surface area (Å²) in [6.07, 6.45) is -0.864. The van der Waals surface area contributed by atoms with Crippen LogP contribution in [0.4, 0.5) is 13.6 Å². The van der Waals surface area contributed by atoms with Crippen LogP contribution in [0.2, 0.25) is 5.02 Å². The van der Waals surface area contributed by atoms with E-state index in [1.807, 2.05) is 0 Å². The summed E-state index contributed by atoms with van der Waals surface area (Å²) in [5, 5.41) is 5.23. The lowest BCUT2D eigenvalue weighted by atomic mass is 10.2. The summed E-state index contributed by atoms with van der Waals surface area (Å²) in [4.78, 5) is 11.4. The number of ether oxygens (including phenoxy) is 1. The molecule has 2 N–H and O–H groups in total. The highest BCUT2D eigenvalue weighted by Crippen LogP contribution is 2.23. The Bertz CT molecular complexity index is 551. The van der Waals surface area contributed by atoms with E-state index in [0.29, 0.717) is 5.02 Å². The van der Waals surface area contributed by atoms with Gasteiger partial charge in [-0.25, -0.2) is 13.6 Å². The summed E-state index contributed by atoms with van der Waals surface area (Å²) in [6.45, 7) is 3.86. The van der Waals surface area contributed by atoms with Crippen molar-refractivity contribution in [2.45, 2.75) is 38.8 Å². The number of nitrogens with one attached hydrogen (secondary N) is 2. The predicted octanol–water partition coefficient (Wildman–Crippen LogP) is 4.35. The molecule has 1 rings (SSSR count). The largest absolute Gasteiger partial charge is 0.444 e. The van der Waals surface area contributed by atoms with Crippen LogP contribution in [-0.4, -0.2) is 30.7 Å². The van der Waals surface area contributed by atoms with Gasteiger partial charge in [0.1, 0.15) is 5.60 Å². The first-order chi connectivity index (χ1) is 10.5. The zero-order valence-electron chi connectivity index (χ0n) is 13.2. The summed E-state index contributed by atoms with van der Waals surface area (Å²) >= 11 is 9.20. The van der Waals surface area contributed by atoms with Crippen molar-refractivity contribution in [2.75, 3.05) is 13.1 Å². The molecule has 1 aromatic carbocycles. The maximum atomic E-state index is 13.7. The van der Waals surface area contributed by atoms with Crippen LogP contribution in [0.3, 0.4) is 0 Å². The Morgan fingerprint density at radius 3 is 2.52 bits per heavy atom. The van der Waals surface area contributed by atoms with Crippen LogP contribution in [0.25, 0.3) is 0 Å². The Hall–Kier alpha value is -0.920. The van der Waals surface area contributed by atoms with Gasteiger partial charge in [-0.1, -0.05) is 17.7 Å². The molecule has 23 heavy (non-hydrogen) atoms. The van der Waals surface area contributed by atoms with Gasteiger partial charge in [-0.2, -0.15) is 0 Å². The zero-order valence-corrected chi connectivity index (χ0v) is 15.5. The van der Waals surface area contributed by atoms with Crippen LogP contribution >= 0.6 is 27.5 Å². The minimum absolute atomic E-state index is 0.245. The molecule has 0 saturated carbocycles. The lowest BCUT2D eigenvalue weighted by Gasteiger charge is -2.22. The Morgan fingerprint density at radius 2 is 1.96 bits per heavy atom. The third-order valence-electron chi connectivity index (χ3n) is 2.59. The maximum absolute atomic E-state index is 13.7. The van der Waals surface area contributed by atoms with Gasteiger partial charge >= 0.3 is 6.09 Å². The van der Waals surface area contributed by atoms with E-state index >= 15 is 0 Å². The fourth-order valence-corrected chi connectivity index (χ4v) is 2.07. The van der Waals surface area contributed by atoms with Gasteiger partial charge in [0.05, 0.1) is 18.1 Å². The van der Waals surface area contributed by atoms with Gasteiger partial charge in [-0.3, -0.25) is 0 Å².